The molecule has 1 N–H and O–H groups in total. The summed E-state index contributed by atoms with van der Waals surface area (Å²) < 4.78 is 1.53. The minimum atomic E-state index is -0.0881. The highest BCUT2D eigenvalue weighted by molar-refractivity contribution is 5.80. The van der Waals surface area contributed by atoms with Gasteiger partial charge in [-0.2, -0.15) is 0 Å². The van der Waals surface area contributed by atoms with E-state index in [9.17, 15) is 9.59 Å². The van der Waals surface area contributed by atoms with Crippen LogP contribution < -0.4 is 10.9 Å². The summed E-state index contributed by atoms with van der Waals surface area (Å²) in [5.41, 5.74) is 1.63. The first kappa shape index (κ1) is 20.5. The van der Waals surface area contributed by atoms with Gasteiger partial charge in [0.2, 0.25) is 5.91 Å². The lowest BCUT2D eigenvalue weighted by molar-refractivity contribution is -0.121. The zero-order valence-corrected chi connectivity index (χ0v) is 17.3. The molecule has 1 amide bonds. The van der Waals surface area contributed by atoms with Crippen LogP contribution in [0, 0.1) is 18.8 Å². The summed E-state index contributed by atoms with van der Waals surface area (Å²) in [6.07, 6.45) is 4.11. The van der Waals surface area contributed by atoms with Gasteiger partial charge in [-0.15, -0.1) is 0 Å². The van der Waals surface area contributed by atoms with Crippen molar-refractivity contribution in [2.24, 2.45) is 11.8 Å². The van der Waals surface area contributed by atoms with Crippen molar-refractivity contribution in [1.82, 2.24) is 19.8 Å². The second kappa shape index (κ2) is 9.32. The Labute approximate surface area is 166 Å². The van der Waals surface area contributed by atoms with Crippen LogP contribution in [0.3, 0.4) is 0 Å². The molecule has 0 saturated carbocycles. The van der Waals surface area contributed by atoms with E-state index in [1.54, 1.807) is 12.4 Å². The van der Waals surface area contributed by atoms with Crippen LogP contribution in [-0.2, 0) is 11.3 Å². The van der Waals surface area contributed by atoms with Gasteiger partial charge in [0.1, 0.15) is 0 Å². The number of benzene rings is 1. The number of aryl methyl sites for hydroxylation is 2. The third-order valence-corrected chi connectivity index (χ3v) is 5.55. The summed E-state index contributed by atoms with van der Waals surface area (Å²) in [5, 5.41) is 3.58. The van der Waals surface area contributed by atoms with Gasteiger partial charge >= 0.3 is 0 Å². The van der Waals surface area contributed by atoms with E-state index in [4.69, 9.17) is 0 Å². The van der Waals surface area contributed by atoms with Crippen LogP contribution >= 0.6 is 0 Å². The Morgan fingerprint density at radius 1 is 1.21 bits per heavy atom. The summed E-state index contributed by atoms with van der Waals surface area (Å²) >= 11 is 0. The Bertz CT molecular complexity index is 866. The number of aromatic nitrogens is 2. The van der Waals surface area contributed by atoms with Crippen LogP contribution in [0.15, 0.2) is 29.3 Å². The van der Waals surface area contributed by atoms with Crippen LogP contribution in [0.1, 0.15) is 38.7 Å². The number of para-hydroxylation sites is 1. The Kier molecular flexibility index (Phi) is 6.83. The van der Waals surface area contributed by atoms with Crippen molar-refractivity contribution in [1.29, 1.82) is 0 Å². The molecule has 0 aliphatic carbocycles. The van der Waals surface area contributed by atoms with Crippen molar-refractivity contribution in [3.8, 4) is 0 Å². The zero-order chi connectivity index (χ0) is 20.1. The maximum absolute atomic E-state index is 12.6. The zero-order valence-electron chi connectivity index (χ0n) is 17.3. The number of fused-ring (bicyclic) bond motifs is 1. The smallest absolute Gasteiger partial charge is 0.261 e. The third-order valence-electron chi connectivity index (χ3n) is 5.55. The minimum absolute atomic E-state index is 0.0170. The normalized spacial score (nSPS) is 20.4. The quantitative estimate of drug-likeness (QED) is 0.745. The van der Waals surface area contributed by atoms with Gasteiger partial charge in [-0.25, -0.2) is 4.98 Å². The SMILES string of the molecule is Cc1cccc2c(=O)n(CCC(=O)NCCCN3C[C@H](C)C[C@@H](C)C3)cnc12. The number of piperidine rings is 1. The van der Waals surface area contributed by atoms with E-state index >= 15 is 0 Å². The molecule has 2 aromatic rings. The Morgan fingerprint density at radius 3 is 2.71 bits per heavy atom. The van der Waals surface area contributed by atoms with Gasteiger partial charge in [-0.05, 0) is 49.8 Å². The van der Waals surface area contributed by atoms with Crippen LogP contribution in [-0.4, -0.2) is 46.5 Å². The molecule has 28 heavy (non-hydrogen) atoms. The number of nitrogens with zero attached hydrogens (tertiary/aromatic N) is 3. The lowest BCUT2D eigenvalue weighted by Gasteiger charge is -2.34. The molecule has 0 radical (unpaired) electrons. The molecule has 2 heterocycles. The van der Waals surface area contributed by atoms with Gasteiger partial charge in [-0.3, -0.25) is 14.2 Å². The number of likely N-dealkylation sites (tertiary alicyclic amines) is 1. The largest absolute Gasteiger partial charge is 0.356 e. The summed E-state index contributed by atoms with van der Waals surface area (Å²) in [7, 11) is 0. The molecular formula is C22H32N4O2. The van der Waals surface area contributed by atoms with Crippen molar-refractivity contribution in [2.45, 2.75) is 46.6 Å². The fourth-order valence-electron chi connectivity index (χ4n) is 4.31. The number of carbonyl (C=O) groups is 1. The fraction of sp³-hybridized carbons (Fsp3) is 0.591. The van der Waals surface area contributed by atoms with Gasteiger partial charge < -0.3 is 10.2 Å². The molecule has 1 aromatic carbocycles. The van der Waals surface area contributed by atoms with E-state index in [-0.39, 0.29) is 17.9 Å². The monoisotopic (exact) mass is 384 g/mol. The van der Waals surface area contributed by atoms with Crippen molar-refractivity contribution in [2.75, 3.05) is 26.2 Å². The molecule has 2 atom stereocenters. The maximum Gasteiger partial charge on any atom is 0.261 e. The van der Waals surface area contributed by atoms with E-state index in [1.807, 2.05) is 19.1 Å². The topological polar surface area (TPSA) is 67.2 Å². The number of carbonyl (C=O) groups excluding carboxylic acids is 1. The summed E-state index contributed by atoms with van der Waals surface area (Å²) in [4.78, 5) is 31.6. The lowest BCUT2D eigenvalue weighted by Crippen LogP contribution is -2.40. The Balaban J connectivity index is 1.43. The molecule has 152 valence electrons. The Morgan fingerprint density at radius 2 is 1.96 bits per heavy atom. The molecule has 0 unspecified atom stereocenters. The predicted molar refractivity (Wildman–Crippen MR) is 112 cm³/mol. The number of hydrogen-bond donors (Lipinski definition) is 1. The highest BCUT2D eigenvalue weighted by atomic mass is 16.1. The first-order chi connectivity index (χ1) is 13.4. The first-order valence-electron chi connectivity index (χ1n) is 10.4. The highest BCUT2D eigenvalue weighted by Crippen LogP contribution is 2.20. The van der Waals surface area contributed by atoms with E-state index in [0.29, 0.717) is 18.5 Å². The van der Waals surface area contributed by atoms with Crippen LogP contribution in [0.25, 0.3) is 10.9 Å². The minimum Gasteiger partial charge on any atom is -0.356 e. The summed E-state index contributed by atoms with van der Waals surface area (Å²) in [5.74, 6) is 1.50. The van der Waals surface area contributed by atoms with Crippen molar-refractivity contribution in [3.63, 3.8) is 0 Å². The fourth-order valence-corrected chi connectivity index (χ4v) is 4.31. The van der Waals surface area contributed by atoms with Gasteiger partial charge in [0.15, 0.2) is 0 Å². The number of hydrogen-bond acceptors (Lipinski definition) is 4. The molecule has 3 rings (SSSR count). The lowest BCUT2D eigenvalue weighted by atomic mass is 9.92. The van der Waals surface area contributed by atoms with Gasteiger partial charge in [0.25, 0.3) is 5.56 Å². The molecule has 1 aliphatic heterocycles. The van der Waals surface area contributed by atoms with E-state index in [1.165, 1.54) is 11.0 Å². The molecule has 1 aromatic heterocycles. The molecule has 1 fully saturated rings. The number of nitrogens with one attached hydrogen (secondary N) is 1. The summed E-state index contributed by atoms with van der Waals surface area (Å²) in [6, 6.07) is 5.59. The predicted octanol–water partition coefficient (Wildman–Crippen LogP) is 2.58. The molecule has 1 aliphatic rings. The van der Waals surface area contributed by atoms with Crippen LogP contribution in [0.2, 0.25) is 0 Å². The highest BCUT2D eigenvalue weighted by Gasteiger charge is 2.21. The first-order valence-corrected chi connectivity index (χ1v) is 10.4. The standard InChI is InChI=1S/C22H32N4O2/c1-16-12-17(2)14-25(13-16)10-5-9-23-20(27)8-11-26-15-24-21-18(3)6-4-7-19(21)22(26)28/h4,6-7,15-17H,5,8-14H2,1-3H3,(H,23,27)/t16-,17-/m1/s1. The van der Waals surface area contributed by atoms with Gasteiger partial charge in [-0.1, -0.05) is 26.0 Å². The molecule has 0 spiro atoms. The van der Waals surface area contributed by atoms with Crippen LogP contribution in [0.5, 0.6) is 0 Å². The van der Waals surface area contributed by atoms with Crippen LogP contribution in [0.4, 0.5) is 0 Å². The molecular weight excluding hydrogens is 352 g/mol. The van der Waals surface area contributed by atoms with Gasteiger partial charge in [0, 0.05) is 32.6 Å². The van der Waals surface area contributed by atoms with Crippen molar-refractivity contribution >= 4 is 16.8 Å². The molecule has 1 saturated heterocycles. The van der Waals surface area contributed by atoms with E-state index in [0.717, 1.165) is 49.0 Å². The number of amides is 1. The molecule has 6 heteroatoms. The van der Waals surface area contributed by atoms with Gasteiger partial charge in [0.05, 0.1) is 17.2 Å². The van der Waals surface area contributed by atoms with Crippen molar-refractivity contribution < 1.29 is 4.79 Å². The Hall–Kier alpha value is -2.21. The van der Waals surface area contributed by atoms with E-state index in [2.05, 4.69) is 29.0 Å². The van der Waals surface area contributed by atoms with E-state index < -0.39 is 0 Å². The van der Waals surface area contributed by atoms with Crippen molar-refractivity contribution in [3.05, 3.63) is 40.4 Å². The molecule has 6 nitrogen and oxygen atoms in total. The third kappa shape index (κ3) is 5.19. The average molecular weight is 385 g/mol. The molecule has 0 bridgehead atoms. The number of rotatable bonds is 7. The summed E-state index contributed by atoms with van der Waals surface area (Å²) in [6.45, 7) is 11.0. The average Bonchev–Trinajstić information content (AvgIpc) is 2.64. The second-order valence-electron chi connectivity index (χ2n) is 8.37. The maximum atomic E-state index is 12.6. The second-order valence-corrected chi connectivity index (χ2v) is 8.37.